The van der Waals surface area contributed by atoms with Crippen molar-refractivity contribution in [3.8, 4) is 0 Å². The van der Waals surface area contributed by atoms with Crippen LogP contribution >= 0.6 is 11.6 Å². The van der Waals surface area contributed by atoms with Crippen LogP contribution in [0.15, 0.2) is 41.0 Å². The van der Waals surface area contributed by atoms with Crippen LogP contribution in [0, 0.1) is 0 Å². The third kappa shape index (κ3) is 4.10. The van der Waals surface area contributed by atoms with Gasteiger partial charge < -0.3 is 10.4 Å². The second-order valence-electron chi connectivity index (χ2n) is 5.66. The van der Waals surface area contributed by atoms with Gasteiger partial charge in [-0.15, -0.1) is 0 Å². The Balaban J connectivity index is 1.56. The number of hydrogen-bond donors (Lipinski definition) is 3. The van der Waals surface area contributed by atoms with Crippen LogP contribution in [0.3, 0.4) is 0 Å². The molecule has 1 unspecified atom stereocenters. The maximum atomic E-state index is 11.1. The molecular formula is C16H19ClN4O2. The minimum atomic E-state index is -0.536. The molecule has 23 heavy (non-hydrogen) atoms. The van der Waals surface area contributed by atoms with Crippen LogP contribution < -0.4 is 10.7 Å². The molecule has 0 spiro atoms. The Bertz CT molecular complexity index is 642. The van der Waals surface area contributed by atoms with Gasteiger partial charge in [0.25, 0.3) is 5.91 Å². The number of hydrogen-bond acceptors (Lipinski definition) is 5. The van der Waals surface area contributed by atoms with Crippen molar-refractivity contribution in [2.75, 3.05) is 26.2 Å². The van der Waals surface area contributed by atoms with Gasteiger partial charge in [-0.05, 0) is 29.7 Å². The van der Waals surface area contributed by atoms with Crippen LogP contribution in [0.2, 0.25) is 5.02 Å². The molecule has 3 rings (SSSR count). The van der Waals surface area contributed by atoms with Gasteiger partial charge in [0.2, 0.25) is 0 Å². The Morgan fingerprint density at radius 3 is 2.74 bits per heavy atom. The second kappa shape index (κ2) is 7.12. The number of carbonyl (C=O) groups excluding carboxylic acids is 1. The Labute approximate surface area is 139 Å². The molecule has 6 nitrogen and oxygen atoms in total. The van der Waals surface area contributed by atoms with E-state index >= 15 is 0 Å². The molecule has 1 amide bonds. The fraction of sp³-hybridized carbons (Fsp3) is 0.375. The van der Waals surface area contributed by atoms with Crippen molar-refractivity contribution >= 4 is 23.3 Å². The van der Waals surface area contributed by atoms with Crippen LogP contribution in [-0.2, 0) is 4.79 Å². The molecule has 1 aromatic rings. The highest BCUT2D eigenvalue weighted by atomic mass is 35.5. The number of nitrogens with zero attached hydrogens (tertiary/aromatic N) is 2. The van der Waals surface area contributed by atoms with E-state index in [9.17, 15) is 9.90 Å². The monoisotopic (exact) mass is 334 g/mol. The highest BCUT2D eigenvalue weighted by molar-refractivity contribution is 6.30. The van der Waals surface area contributed by atoms with Crippen molar-refractivity contribution in [3.63, 3.8) is 0 Å². The van der Waals surface area contributed by atoms with E-state index in [1.807, 2.05) is 12.1 Å². The molecule has 0 radical (unpaired) electrons. The minimum absolute atomic E-state index is 0.127. The number of rotatable bonds is 4. The number of aliphatic hydroxyl groups excluding tert-OH is 1. The van der Waals surface area contributed by atoms with Crippen molar-refractivity contribution in [2.24, 2.45) is 5.10 Å². The van der Waals surface area contributed by atoms with Crippen LogP contribution in [0.4, 0.5) is 0 Å². The van der Waals surface area contributed by atoms with Crippen molar-refractivity contribution in [1.82, 2.24) is 15.6 Å². The van der Waals surface area contributed by atoms with E-state index < -0.39 is 6.10 Å². The molecule has 0 aromatic heterocycles. The summed E-state index contributed by atoms with van der Waals surface area (Å²) in [5.74, 6) is 0.611. The molecule has 7 heteroatoms. The summed E-state index contributed by atoms with van der Waals surface area (Å²) in [6.07, 6.45) is 2.38. The summed E-state index contributed by atoms with van der Waals surface area (Å²) in [6.45, 7) is 2.41. The zero-order valence-corrected chi connectivity index (χ0v) is 13.4. The lowest BCUT2D eigenvalue weighted by atomic mass is 10.0. The molecule has 0 aliphatic carbocycles. The van der Waals surface area contributed by atoms with Gasteiger partial charge in [0.15, 0.2) is 0 Å². The second-order valence-corrected chi connectivity index (χ2v) is 6.09. The van der Waals surface area contributed by atoms with E-state index in [2.05, 4.69) is 26.8 Å². The van der Waals surface area contributed by atoms with E-state index in [0.717, 1.165) is 36.5 Å². The smallest absolute Gasteiger partial charge is 0.259 e. The zero-order valence-electron chi connectivity index (χ0n) is 12.6. The molecule has 1 aromatic carbocycles. The Morgan fingerprint density at radius 2 is 2.13 bits per heavy atom. The van der Waals surface area contributed by atoms with Crippen LogP contribution in [0.1, 0.15) is 18.1 Å². The highest BCUT2D eigenvalue weighted by Gasteiger charge is 2.20. The number of amides is 1. The average Bonchev–Trinajstić information content (AvgIpc) is 2.57. The van der Waals surface area contributed by atoms with Crippen LogP contribution in [0.5, 0.6) is 0 Å². The summed E-state index contributed by atoms with van der Waals surface area (Å²) in [4.78, 5) is 13.3. The molecule has 0 saturated heterocycles. The van der Waals surface area contributed by atoms with E-state index in [-0.39, 0.29) is 12.5 Å². The van der Waals surface area contributed by atoms with E-state index in [1.54, 1.807) is 12.1 Å². The number of aliphatic hydroxyl groups is 1. The van der Waals surface area contributed by atoms with E-state index in [4.69, 9.17) is 11.6 Å². The fourth-order valence-electron chi connectivity index (χ4n) is 2.67. The largest absolute Gasteiger partial charge is 0.387 e. The van der Waals surface area contributed by atoms with Gasteiger partial charge >= 0.3 is 0 Å². The lowest BCUT2D eigenvalue weighted by molar-refractivity contribution is -0.120. The summed E-state index contributed by atoms with van der Waals surface area (Å²) in [5, 5.41) is 18.0. The quantitative estimate of drug-likeness (QED) is 0.769. The van der Waals surface area contributed by atoms with Gasteiger partial charge in [-0.3, -0.25) is 9.69 Å². The highest BCUT2D eigenvalue weighted by Crippen LogP contribution is 2.20. The number of β-amino-alcohol motifs (C(OH)–C–C–N with tert-alkyl or cyclic N) is 1. The van der Waals surface area contributed by atoms with Gasteiger partial charge in [0.1, 0.15) is 5.84 Å². The molecule has 0 fully saturated rings. The molecule has 2 aliphatic rings. The van der Waals surface area contributed by atoms with Gasteiger partial charge in [0, 0.05) is 24.7 Å². The van der Waals surface area contributed by atoms with E-state index in [1.165, 1.54) is 0 Å². The minimum Gasteiger partial charge on any atom is -0.387 e. The number of hydrazone groups is 1. The van der Waals surface area contributed by atoms with Gasteiger partial charge in [-0.1, -0.05) is 29.8 Å². The standard InChI is InChI=1S/C16H19ClN4O2/c17-13-3-1-11(2-4-13)14(22)10-21-7-5-12(6-8-21)16-18-9-15(23)19-20-16/h1-5,14,22H,6-10H2,(H,18,20)(H,19,23). The number of amidine groups is 1. The van der Waals surface area contributed by atoms with E-state index in [0.29, 0.717) is 11.6 Å². The summed E-state index contributed by atoms with van der Waals surface area (Å²) in [5.41, 5.74) is 4.45. The van der Waals surface area contributed by atoms with Crippen LogP contribution in [-0.4, -0.2) is 47.9 Å². The van der Waals surface area contributed by atoms with Crippen molar-refractivity contribution < 1.29 is 9.90 Å². The van der Waals surface area contributed by atoms with Gasteiger partial charge in [-0.2, -0.15) is 5.10 Å². The first kappa shape index (κ1) is 16.0. The van der Waals surface area contributed by atoms with Crippen molar-refractivity contribution in [1.29, 1.82) is 0 Å². The lowest BCUT2D eigenvalue weighted by Gasteiger charge is -2.29. The molecule has 1 atom stereocenters. The summed E-state index contributed by atoms with van der Waals surface area (Å²) >= 11 is 5.86. The summed E-state index contributed by atoms with van der Waals surface area (Å²) < 4.78 is 0. The normalized spacial score (nSPS) is 20.2. The zero-order chi connectivity index (χ0) is 16.2. The Morgan fingerprint density at radius 1 is 1.35 bits per heavy atom. The maximum absolute atomic E-state index is 11.1. The first-order chi connectivity index (χ1) is 11.1. The van der Waals surface area contributed by atoms with Crippen molar-refractivity contribution in [3.05, 3.63) is 46.5 Å². The Hall–Kier alpha value is -1.89. The average molecular weight is 335 g/mol. The molecule has 3 N–H and O–H groups in total. The molecular weight excluding hydrogens is 316 g/mol. The topological polar surface area (TPSA) is 77.0 Å². The number of halogens is 1. The van der Waals surface area contributed by atoms with Crippen LogP contribution in [0.25, 0.3) is 0 Å². The fourth-order valence-corrected chi connectivity index (χ4v) is 2.80. The van der Waals surface area contributed by atoms with Gasteiger partial charge in [0.05, 0.1) is 12.6 Å². The third-order valence-electron chi connectivity index (χ3n) is 3.99. The number of benzene rings is 1. The lowest BCUT2D eigenvalue weighted by Crippen LogP contribution is -2.44. The first-order valence-electron chi connectivity index (χ1n) is 7.57. The third-order valence-corrected chi connectivity index (χ3v) is 4.24. The first-order valence-corrected chi connectivity index (χ1v) is 7.95. The molecule has 0 saturated carbocycles. The number of carbonyl (C=O) groups is 1. The molecule has 122 valence electrons. The van der Waals surface area contributed by atoms with Gasteiger partial charge in [-0.25, -0.2) is 5.43 Å². The molecule has 0 bridgehead atoms. The summed E-state index contributed by atoms with van der Waals surface area (Å²) in [6, 6.07) is 7.27. The summed E-state index contributed by atoms with van der Waals surface area (Å²) in [7, 11) is 0. The predicted molar refractivity (Wildman–Crippen MR) is 89.1 cm³/mol. The SMILES string of the molecule is O=C1CNC(C2=CCN(CC(O)c3ccc(Cl)cc3)CC2)=NN1. The van der Waals surface area contributed by atoms with Crippen molar-refractivity contribution in [2.45, 2.75) is 12.5 Å². The molecule has 2 heterocycles. The molecule has 2 aliphatic heterocycles. The Kier molecular flexibility index (Phi) is 4.95. The maximum Gasteiger partial charge on any atom is 0.259 e. The number of nitrogens with one attached hydrogen (secondary N) is 2. The predicted octanol–water partition coefficient (Wildman–Crippen LogP) is 1.04.